The molecule has 0 saturated heterocycles. The van der Waals surface area contributed by atoms with Gasteiger partial charge in [0.05, 0.1) is 16.9 Å². The molecular formula is C7H11NO4S2. The summed E-state index contributed by atoms with van der Waals surface area (Å²) in [7, 11) is -6.65. The van der Waals surface area contributed by atoms with Gasteiger partial charge >= 0.3 is 0 Å². The van der Waals surface area contributed by atoms with Crippen LogP contribution in [0.3, 0.4) is 0 Å². The van der Waals surface area contributed by atoms with Crippen LogP contribution < -0.4 is 0 Å². The van der Waals surface area contributed by atoms with Gasteiger partial charge in [-0.3, -0.25) is 0 Å². The van der Waals surface area contributed by atoms with Crippen molar-refractivity contribution in [3.63, 3.8) is 0 Å². The van der Waals surface area contributed by atoms with E-state index in [1.165, 1.54) is 13.8 Å². The van der Waals surface area contributed by atoms with Gasteiger partial charge in [0, 0.05) is 5.75 Å². The Hall–Kier alpha value is -0.690. The third-order valence-corrected chi connectivity index (χ3v) is 4.92. The first-order valence-electron chi connectivity index (χ1n) is 3.98. The Morgan fingerprint density at radius 1 is 1.43 bits per heavy atom. The molecule has 0 N–H and O–H groups in total. The van der Waals surface area contributed by atoms with Crippen molar-refractivity contribution in [3.05, 3.63) is 11.1 Å². The Kier molecular flexibility index (Phi) is 2.82. The molecule has 0 aromatic heterocycles. The third kappa shape index (κ3) is 2.42. The summed E-state index contributed by atoms with van der Waals surface area (Å²) in [4.78, 5) is 3.69. The predicted molar refractivity (Wildman–Crippen MR) is 54.4 cm³/mol. The van der Waals surface area contributed by atoms with Gasteiger partial charge in [0.15, 0.2) is 9.84 Å². The molecule has 0 atom stereocenters. The van der Waals surface area contributed by atoms with Crippen molar-refractivity contribution in [2.45, 2.75) is 13.8 Å². The maximum atomic E-state index is 11.2. The maximum absolute atomic E-state index is 11.2. The highest BCUT2D eigenvalue weighted by molar-refractivity contribution is 8.09. The molecule has 0 saturated carbocycles. The normalized spacial score (nSPS) is 20.4. The molecule has 0 aromatic carbocycles. The van der Waals surface area contributed by atoms with E-state index in [0.717, 1.165) is 5.41 Å². The monoisotopic (exact) mass is 237 g/mol. The third-order valence-electron chi connectivity index (χ3n) is 1.81. The molecule has 0 fully saturated rings. The molecular weight excluding hydrogens is 226 g/mol. The van der Waals surface area contributed by atoms with Crippen LogP contribution in [0.2, 0.25) is 0 Å². The number of sulfone groups is 2. The molecule has 0 bridgehead atoms. The second-order valence-corrected chi connectivity index (χ2v) is 7.23. The van der Waals surface area contributed by atoms with E-state index >= 15 is 0 Å². The fourth-order valence-electron chi connectivity index (χ4n) is 0.950. The summed E-state index contributed by atoms with van der Waals surface area (Å²) >= 11 is 0. The topological polar surface area (TPSA) is 80.6 Å². The maximum Gasteiger partial charge on any atom is 0.214 e. The molecule has 0 spiro atoms. The standard InChI is InChI=1S/C7H11NO4S2/c1-3-13(9,10)4-7-5-14(11,12)6(2)8-7/h5H,3-4H2,1-2H3. The fourth-order valence-corrected chi connectivity index (χ4v) is 2.77. The summed E-state index contributed by atoms with van der Waals surface area (Å²) in [6.45, 7) is 2.85. The molecule has 1 rings (SSSR count). The molecule has 0 aliphatic carbocycles. The zero-order valence-electron chi connectivity index (χ0n) is 7.89. The van der Waals surface area contributed by atoms with Gasteiger partial charge in [-0.25, -0.2) is 21.8 Å². The smallest absolute Gasteiger partial charge is 0.214 e. The van der Waals surface area contributed by atoms with Crippen LogP contribution in [0, 0.1) is 0 Å². The van der Waals surface area contributed by atoms with E-state index in [1.807, 2.05) is 0 Å². The van der Waals surface area contributed by atoms with Crippen molar-refractivity contribution in [2.75, 3.05) is 11.5 Å². The van der Waals surface area contributed by atoms with Crippen LogP contribution >= 0.6 is 0 Å². The fraction of sp³-hybridized carbons (Fsp3) is 0.571. The van der Waals surface area contributed by atoms with Crippen LogP contribution in [0.1, 0.15) is 13.8 Å². The van der Waals surface area contributed by atoms with Crippen molar-refractivity contribution in [1.82, 2.24) is 0 Å². The molecule has 0 aromatic rings. The highest BCUT2D eigenvalue weighted by atomic mass is 32.2. The first-order chi connectivity index (χ1) is 6.27. The van der Waals surface area contributed by atoms with Crippen molar-refractivity contribution in [2.24, 2.45) is 4.99 Å². The van der Waals surface area contributed by atoms with E-state index in [9.17, 15) is 16.8 Å². The zero-order chi connectivity index (χ0) is 11.0. The van der Waals surface area contributed by atoms with Crippen LogP contribution in [-0.4, -0.2) is 33.4 Å². The Labute approximate surface area is 83.4 Å². The quantitative estimate of drug-likeness (QED) is 0.697. The molecule has 0 radical (unpaired) electrons. The number of aliphatic imine (C=N–C) groups is 1. The van der Waals surface area contributed by atoms with Crippen LogP contribution in [0.15, 0.2) is 16.1 Å². The number of hydrogen-bond acceptors (Lipinski definition) is 5. The van der Waals surface area contributed by atoms with Crippen molar-refractivity contribution in [3.8, 4) is 0 Å². The van der Waals surface area contributed by atoms with Crippen LogP contribution in [-0.2, 0) is 19.7 Å². The second kappa shape index (κ2) is 3.47. The molecule has 80 valence electrons. The summed E-state index contributed by atoms with van der Waals surface area (Å²) in [6, 6.07) is 0. The molecule has 0 unspecified atom stereocenters. The second-order valence-electron chi connectivity index (χ2n) is 2.96. The lowest BCUT2D eigenvalue weighted by Gasteiger charge is -1.97. The van der Waals surface area contributed by atoms with Gasteiger partial charge in [0.1, 0.15) is 5.04 Å². The molecule has 1 heterocycles. The molecule has 1 aliphatic rings. The average Bonchev–Trinajstić information content (AvgIpc) is 2.24. The molecule has 5 nitrogen and oxygen atoms in total. The minimum Gasteiger partial charge on any atom is -0.244 e. The molecule has 7 heteroatoms. The Bertz CT molecular complexity index is 496. The Morgan fingerprint density at radius 2 is 2.00 bits per heavy atom. The minimum atomic E-state index is -3.43. The van der Waals surface area contributed by atoms with Crippen LogP contribution in [0.25, 0.3) is 0 Å². The SMILES string of the molecule is CCS(=O)(=O)CC1=CS(=O)(=O)C(C)=N1. The van der Waals surface area contributed by atoms with E-state index < -0.39 is 19.7 Å². The van der Waals surface area contributed by atoms with Crippen molar-refractivity contribution in [1.29, 1.82) is 0 Å². The van der Waals surface area contributed by atoms with Gasteiger partial charge in [-0.1, -0.05) is 6.92 Å². The number of rotatable bonds is 3. The first-order valence-corrected chi connectivity index (χ1v) is 7.35. The summed E-state index contributed by atoms with van der Waals surface area (Å²) in [5.74, 6) is -0.320. The van der Waals surface area contributed by atoms with Crippen molar-refractivity contribution >= 4 is 24.7 Å². The summed E-state index contributed by atoms with van der Waals surface area (Å²) in [5.41, 5.74) is 0.101. The average molecular weight is 237 g/mol. The van der Waals surface area contributed by atoms with E-state index in [2.05, 4.69) is 4.99 Å². The Balaban J connectivity index is 2.98. The molecule has 1 aliphatic heterocycles. The largest absolute Gasteiger partial charge is 0.244 e. The van der Waals surface area contributed by atoms with Gasteiger partial charge < -0.3 is 0 Å². The van der Waals surface area contributed by atoms with E-state index in [1.54, 1.807) is 0 Å². The van der Waals surface area contributed by atoms with Gasteiger partial charge in [-0.2, -0.15) is 0 Å². The van der Waals surface area contributed by atoms with Crippen molar-refractivity contribution < 1.29 is 16.8 Å². The van der Waals surface area contributed by atoms with E-state index in [4.69, 9.17) is 0 Å². The lowest BCUT2D eigenvalue weighted by molar-refractivity contribution is 0.599. The highest BCUT2D eigenvalue weighted by Crippen LogP contribution is 2.16. The number of hydrogen-bond donors (Lipinski definition) is 0. The van der Waals surface area contributed by atoms with Crippen LogP contribution in [0.4, 0.5) is 0 Å². The van der Waals surface area contributed by atoms with Crippen LogP contribution in [0.5, 0.6) is 0 Å². The van der Waals surface area contributed by atoms with Gasteiger partial charge in [-0.05, 0) is 6.92 Å². The summed E-state index contributed by atoms with van der Waals surface area (Å²) in [5, 5.41) is 0.869. The van der Waals surface area contributed by atoms with Gasteiger partial charge in [0.2, 0.25) is 9.84 Å². The van der Waals surface area contributed by atoms with E-state index in [-0.39, 0.29) is 22.2 Å². The summed E-state index contributed by atoms with van der Waals surface area (Å²) in [6.07, 6.45) is 0. The molecule has 0 amide bonds. The predicted octanol–water partition coefficient (Wildman–Crippen LogP) is 0.109. The highest BCUT2D eigenvalue weighted by Gasteiger charge is 2.23. The lowest BCUT2D eigenvalue weighted by Crippen LogP contribution is -2.09. The minimum absolute atomic E-state index is 0.0149. The first kappa shape index (κ1) is 11.4. The lowest BCUT2D eigenvalue weighted by atomic mass is 10.6. The molecule has 14 heavy (non-hydrogen) atoms. The Morgan fingerprint density at radius 3 is 2.36 bits per heavy atom. The number of nitrogens with zero attached hydrogens (tertiary/aromatic N) is 1. The van der Waals surface area contributed by atoms with Gasteiger partial charge in [-0.15, -0.1) is 0 Å². The van der Waals surface area contributed by atoms with E-state index in [0.29, 0.717) is 0 Å². The van der Waals surface area contributed by atoms with Gasteiger partial charge in [0.25, 0.3) is 0 Å². The summed E-state index contributed by atoms with van der Waals surface area (Å²) < 4.78 is 44.6. The zero-order valence-corrected chi connectivity index (χ0v) is 9.52.